The van der Waals surface area contributed by atoms with E-state index in [0.29, 0.717) is 17.7 Å². The van der Waals surface area contributed by atoms with Gasteiger partial charge in [0.15, 0.2) is 0 Å². The fourth-order valence-electron chi connectivity index (χ4n) is 3.79. The van der Waals surface area contributed by atoms with Gasteiger partial charge in [0.2, 0.25) is 11.8 Å². The van der Waals surface area contributed by atoms with Gasteiger partial charge in [-0.1, -0.05) is 61.7 Å². The molecular formula is C30H36N4O4. The first-order valence-corrected chi connectivity index (χ1v) is 12.6. The molecule has 0 saturated heterocycles. The average molecular weight is 517 g/mol. The van der Waals surface area contributed by atoms with E-state index >= 15 is 0 Å². The Hall–Kier alpha value is -4.30. The average Bonchev–Trinajstić information content (AvgIpc) is 2.87. The van der Waals surface area contributed by atoms with Crippen LogP contribution in [0.1, 0.15) is 63.3 Å². The molecule has 0 aliphatic rings. The van der Waals surface area contributed by atoms with Crippen LogP contribution < -0.4 is 10.6 Å². The van der Waals surface area contributed by atoms with Gasteiger partial charge in [-0.2, -0.15) is 5.26 Å². The van der Waals surface area contributed by atoms with Crippen LogP contribution in [0.2, 0.25) is 0 Å². The highest BCUT2D eigenvalue weighted by Crippen LogP contribution is 2.24. The van der Waals surface area contributed by atoms with Crippen molar-refractivity contribution in [2.75, 3.05) is 13.1 Å². The number of nitrogens with one attached hydrogen (secondary N) is 2. The van der Waals surface area contributed by atoms with Crippen LogP contribution in [0.5, 0.6) is 0 Å². The maximum absolute atomic E-state index is 14.0. The number of terminal acetylenes is 1. The van der Waals surface area contributed by atoms with Crippen molar-refractivity contribution in [2.24, 2.45) is 0 Å². The quantitative estimate of drug-likeness (QED) is 0.265. The zero-order chi connectivity index (χ0) is 28.1. The molecule has 2 aromatic carbocycles. The summed E-state index contributed by atoms with van der Waals surface area (Å²) >= 11 is 0. The van der Waals surface area contributed by atoms with Gasteiger partial charge < -0.3 is 20.3 Å². The molecule has 38 heavy (non-hydrogen) atoms. The number of hydrogen-bond acceptors (Lipinski definition) is 5. The van der Waals surface area contributed by atoms with Crippen molar-refractivity contribution >= 4 is 17.9 Å². The molecule has 2 atom stereocenters. The highest BCUT2D eigenvalue weighted by Gasteiger charge is 2.36. The highest BCUT2D eigenvalue weighted by molar-refractivity contribution is 5.92. The second-order valence-electron chi connectivity index (χ2n) is 9.83. The lowest BCUT2D eigenvalue weighted by molar-refractivity contribution is -0.141. The number of nitrogens with zero attached hydrogens (tertiary/aromatic N) is 2. The van der Waals surface area contributed by atoms with Crippen LogP contribution in [0.3, 0.4) is 0 Å². The molecular weight excluding hydrogens is 480 g/mol. The number of alkyl carbamates (subject to hydrolysis) is 1. The Morgan fingerprint density at radius 3 is 2.29 bits per heavy atom. The van der Waals surface area contributed by atoms with E-state index in [1.165, 1.54) is 4.90 Å². The largest absolute Gasteiger partial charge is 0.444 e. The molecule has 2 unspecified atom stereocenters. The molecule has 2 N–H and O–H groups in total. The normalized spacial score (nSPS) is 12.3. The molecule has 3 amide bonds. The first kappa shape index (κ1) is 29.9. The molecule has 0 saturated carbocycles. The minimum absolute atomic E-state index is 0.140. The Labute approximate surface area is 225 Å². The Bertz CT molecular complexity index is 1160. The predicted molar refractivity (Wildman–Crippen MR) is 146 cm³/mol. The first-order valence-electron chi connectivity index (χ1n) is 12.6. The van der Waals surface area contributed by atoms with Crippen LogP contribution in [0.25, 0.3) is 0 Å². The predicted octanol–water partition coefficient (Wildman–Crippen LogP) is 4.11. The summed E-state index contributed by atoms with van der Waals surface area (Å²) in [5, 5.41) is 15.2. The molecule has 2 rings (SSSR count). The van der Waals surface area contributed by atoms with Gasteiger partial charge in [0.05, 0.1) is 6.07 Å². The molecule has 2 aromatic rings. The second kappa shape index (κ2) is 14.4. The van der Waals surface area contributed by atoms with Crippen molar-refractivity contribution < 1.29 is 19.1 Å². The summed E-state index contributed by atoms with van der Waals surface area (Å²) < 4.78 is 5.40. The summed E-state index contributed by atoms with van der Waals surface area (Å²) in [5.41, 5.74) is 1.13. The second-order valence-corrected chi connectivity index (χ2v) is 9.83. The smallest absolute Gasteiger partial charge is 0.408 e. The Morgan fingerprint density at radius 2 is 1.74 bits per heavy atom. The van der Waals surface area contributed by atoms with Crippen LogP contribution in [0.4, 0.5) is 4.79 Å². The molecule has 0 aromatic heterocycles. The van der Waals surface area contributed by atoms with Gasteiger partial charge in [0, 0.05) is 18.5 Å². The number of hydrogen-bond donors (Lipinski definition) is 2. The third-order valence-corrected chi connectivity index (χ3v) is 5.58. The fourth-order valence-corrected chi connectivity index (χ4v) is 3.79. The van der Waals surface area contributed by atoms with Gasteiger partial charge in [0.1, 0.15) is 24.2 Å². The van der Waals surface area contributed by atoms with Crippen molar-refractivity contribution in [3.8, 4) is 18.4 Å². The van der Waals surface area contributed by atoms with Crippen molar-refractivity contribution in [1.82, 2.24) is 15.5 Å². The molecule has 0 aliphatic heterocycles. The number of carbonyl (C=O) groups is 3. The highest BCUT2D eigenvalue weighted by atomic mass is 16.6. The zero-order valence-corrected chi connectivity index (χ0v) is 22.5. The molecule has 0 heterocycles. The van der Waals surface area contributed by atoms with Crippen LogP contribution in [0, 0.1) is 23.7 Å². The van der Waals surface area contributed by atoms with Gasteiger partial charge in [0.25, 0.3) is 0 Å². The molecule has 8 heteroatoms. The van der Waals surface area contributed by atoms with E-state index in [1.54, 1.807) is 45.0 Å². The monoisotopic (exact) mass is 516 g/mol. The third-order valence-electron chi connectivity index (χ3n) is 5.58. The van der Waals surface area contributed by atoms with Gasteiger partial charge >= 0.3 is 6.09 Å². The minimum atomic E-state index is -1.11. The fraction of sp³-hybridized carbons (Fsp3) is 0.400. The van der Waals surface area contributed by atoms with Gasteiger partial charge in [-0.3, -0.25) is 9.59 Å². The molecule has 200 valence electrons. The number of carbonyl (C=O) groups excluding carboxylic acids is 3. The van der Waals surface area contributed by atoms with E-state index < -0.39 is 35.6 Å². The number of benzene rings is 2. The Balaban J connectivity index is 2.50. The lowest BCUT2D eigenvalue weighted by atomic mass is 9.99. The SMILES string of the molecule is C#Cc1ccc(C(C(=O)NCCCC)N(CC#N)C(=O)C(Cc2ccccc2)NC(=O)OC(C)(C)C)cc1. The summed E-state index contributed by atoms with van der Waals surface area (Å²) in [6, 6.07) is 15.7. The van der Waals surface area contributed by atoms with Crippen molar-refractivity contribution in [3.63, 3.8) is 0 Å². The minimum Gasteiger partial charge on any atom is -0.444 e. The lowest BCUT2D eigenvalue weighted by Gasteiger charge is -2.33. The van der Waals surface area contributed by atoms with Gasteiger partial charge in [-0.05, 0) is 50.5 Å². The maximum atomic E-state index is 14.0. The molecule has 0 fully saturated rings. The molecule has 0 aliphatic carbocycles. The van der Waals surface area contributed by atoms with Crippen LogP contribution in [0.15, 0.2) is 54.6 Å². The summed E-state index contributed by atoms with van der Waals surface area (Å²) in [6.07, 6.45) is 6.49. The lowest BCUT2D eigenvalue weighted by Crippen LogP contribution is -2.54. The number of unbranched alkanes of at least 4 members (excludes halogenated alkanes) is 1. The first-order chi connectivity index (χ1) is 18.1. The van der Waals surface area contributed by atoms with Crippen molar-refractivity contribution in [1.29, 1.82) is 5.26 Å². The maximum Gasteiger partial charge on any atom is 0.408 e. The molecule has 0 radical (unpaired) electrons. The molecule has 0 spiro atoms. The summed E-state index contributed by atoms with van der Waals surface area (Å²) in [6.45, 7) is 7.22. The van der Waals surface area contributed by atoms with Gasteiger partial charge in [-0.25, -0.2) is 4.79 Å². The summed E-state index contributed by atoms with van der Waals surface area (Å²) in [4.78, 5) is 41.3. The Morgan fingerprint density at radius 1 is 1.08 bits per heavy atom. The van der Waals surface area contributed by atoms with E-state index in [-0.39, 0.29) is 13.0 Å². The summed E-state index contributed by atoms with van der Waals surface area (Å²) in [5.74, 6) is 1.52. The standard InChI is InChI=1S/C30H36N4O4/c1-6-8-19-32-27(35)26(24-16-14-22(7-2)15-17-24)34(20-18-31)28(36)25(21-23-12-10-9-11-13-23)33-29(37)38-30(3,4)5/h2,9-17,25-26H,6,8,19-21H2,1,3-5H3,(H,32,35)(H,33,37). The van der Waals surface area contributed by atoms with E-state index in [4.69, 9.17) is 11.2 Å². The number of nitriles is 1. The topological polar surface area (TPSA) is 112 Å². The number of amides is 3. The third kappa shape index (κ3) is 9.29. The number of rotatable bonds is 11. The van der Waals surface area contributed by atoms with Gasteiger partial charge in [-0.15, -0.1) is 6.42 Å². The van der Waals surface area contributed by atoms with E-state index in [1.807, 2.05) is 43.3 Å². The van der Waals surface area contributed by atoms with E-state index in [2.05, 4.69) is 16.6 Å². The zero-order valence-electron chi connectivity index (χ0n) is 22.5. The van der Waals surface area contributed by atoms with E-state index in [9.17, 15) is 19.6 Å². The van der Waals surface area contributed by atoms with Crippen molar-refractivity contribution in [2.45, 2.75) is 64.6 Å². The summed E-state index contributed by atoms with van der Waals surface area (Å²) in [7, 11) is 0. The van der Waals surface area contributed by atoms with Crippen LogP contribution in [-0.4, -0.2) is 47.5 Å². The van der Waals surface area contributed by atoms with Crippen molar-refractivity contribution in [3.05, 3.63) is 71.3 Å². The Kier molecular flexibility index (Phi) is 11.4. The molecule has 8 nitrogen and oxygen atoms in total. The number of ether oxygens (including phenoxy) is 1. The van der Waals surface area contributed by atoms with E-state index in [0.717, 1.165) is 18.4 Å². The molecule has 0 bridgehead atoms. The van der Waals surface area contributed by atoms with Crippen LogP contribution in [-0.2, 0) is 20.7 Å². The van der Waals surface area contributed by atoms with Crippen LogP contribution >= 0.6 is 0 Å².